The van der Waals surface area contributed by atoms with E-state index in [4.69, 9.17) is 0 Å². The molecule has 2 N–H and O–H groups in total. The fourth-order valence-electron chi connectivity index (χ4n) is 3.71. The number of hydrogen-bond acceptors (Lipinski definition) is 3. The van der Waals surface area contributed by atoms with E-state index < -0.39 is 0 Å². The number of aromatic nitrogens is 3. The number of nitrogens with zero attached hydrogens (tertiary/aromatic N) is 2. The SMILES string of the molecule is O=C(NC1CCCCCCC1)c1cnn2c1[nH]c(=O)c1ccccc12. The maximum Gasteiger partial charge on any atom is 0.259 e. The fourth-order valence-corrected chi connectivity index (χ4v) is 3.71. The highest BCUT2D eigenvalue weighted by Gasteiger charge is 2.19. The number of fused-ring (bicyclic) bond motifs is 3. The van der Waals surface area contributed by atoms with E-state index in [1.54, 1.807) is 10.6 Å². The summed E-state index contributed by atoms with van der Waals surface area (Å²) in [5.74, 6) is -0.161. The van der Waals surface area contributed by atoms with Crippen LogP contribution in [0.15, 0.2) is 35.3 Å². The zero-order valence-corrected chi connectivity index (χ0v) is 14.1. The van der Waals surface area contributed by atoms with Gasteiger partial charge in [-0.2, -0.15) is 5.10 Å². The van der Waals surface area contributed by atoms with Gasteiger partial charge in [0.05, 0.1) is 17.1 Å². The van der Waals surface area contributed by atoms with Crippen LogP contribution < -0.4 is 10.9 Å². The van der Waals surface area contributed by atoms with Crippen LogP contribution in [0.5, 0.6) is 0 Å². The van der Waals surface area contributed by atoms with Crippen molar-refractivity contribution in [3.8, 4) is 0 Å². The Morgan fingerprint density at radius 3 is 2.64 bits per heavy atom. The Kier molecular flexibility index (Phi) is 4.26. The topological polar surface area (TPSA) is 79.3 Å². The molecule has 6 nitrogen and oxygen atoms in total. The van der Waals surface area contributed by atoms with Gasteiger partial charge in [0.1, 0.15) is 11.2 Å². The minimum Gasteiger partial charge on any atom is -0.349 e. The minimum absolute atomic E-state index is 0.161. The number of amides is 1. The van der Waals surface area contributed by atoms with E-state index in [1.807, 2.05) is 18.2 Å². The second-order valence-corrected chi connectivity index (χ2v) is 6.81. The van der Waals surface area contributed by atoms with Gasteiger partial charge in [-0.15, -0.1) is 0 Å². The van der Waals surface area contributed by atoms with Crippen molar-refractivity contribution >= 4 is 22.5 Å². The number of carbonyl (C=O) groups is 1. The summed E-state index contributed by atoms with van der Waals surface area (Å²) in [7, 11) is 0. The van der Waals surface area contributed by atoms with Crippen LogP contribution in [0, 0.1) is 0 Å². The highest BCUT2D eigenvalue weighted by molar-refractivity contribution is 6.00. The summed E-state index contributed by atoms with van der Waals surface area (Å²) in [6.07, 6.45) is 9.65. The van der Waals surface area contributed by atoms with Gasteiger partial charge in [-0.3, -0.25) is 9.59 Å². The van der Waals surface area contributed by atoms with Crippen LogP contribution >= 0.6 is 0 Å². The number of benzene rings is 1. The van der Waals surface area contributed by atoms with Gasteiger partial charge < -0.3 is 10.3 Å². The number of H-pyrrole nitrogens is 1. The van der Waals surface area contributed by atoms with Crippen molar-refractivity contribution in [1.82, 2.24) is 19.9 Å². The molecule has 3 aromatic rings. The molecule has 0 unspecified atom stereocenters. The van der Waals surface area contributed by atoms with Crippen LogP contribution in [0.2, 0.25) is 0 Å². The Labute approximate surface area is 145 Å². The van der Waals surface area contributed by atoms with Gasteiger partial charge in [-0.05, 0) is 25.0 Å². The molecule has 25 heavy (non-hydrogen) atoms. The Balaban J connectivity index is 1.67. The van der Waals surface area contributed by atoms with Gasteiger partial charge >= 0.3 is 0 Å². The largest absolute Gasteiger partial charge is 0.349 e. The predicted molar refractivity (Wildman–Crippen MR) is 96.9 cm³/mol. The van der Waals surface area contributed by atoms with Gasteiger partial charge in [-0.25, -0.2) is 4.52 Å². The maximum absolute atomic E-state index is 12.7. The first-order chi connectivity index (χ1) is 12.2. The van der Waals surface area contributed by atoms with Crippen molar-refractivity contribution in [2.24, 2.45) is 0 Å². The molecular formula is C19H22N4O2. The fraction of sp³-hybridized carbons (Fsp3) is 0.421. The molecule has 1 amide bonds. The molecule has 6 heteroatoms. The number of hydrogen-bond donors (Lipinski definition) is 2. The molecule has 2 aromatic heterocycles. The van der Waals surface area contributed by atoms with E-state index in [9.17, 15) is 9.59 Å². The van der Waals surface area contributed by atoms with Crippen LogP contribution in [0.4, 0.5) is 0 Å². The van der Waals surface area contributed by atoms with Gasteiger partial charge in [0.15, 0.2) is 0 Å². The first kappa shape index (κ1) is 15.9. The number of para-hydroxylation sites is 1. The molecule has 0 spiro atoms. The van der Waals surface area contributed by atoms with Crippen molar-refractivity contribution in [3.63, 3.8) is 0 Å². The van der Waals surface area contributed by atoms with Gasteiger partial charge in [0, 0.05) is 6.04 Å². The first-order valence-corrected chi connectivity index (χ1v) is 9.03. The van der Waals surface area contributed by atoms with E-state index in [0.29, 0.717) is 22.1 Å². The molecule has 0 bridgehead atoms. The van der Waals surface area contributed by atoms with E-state index in [1.165, 1.54) is 25.5 Å². The molecule has 1 aliphatic carbocycles. The molecular weight excluding hydrogens is 316 g/mol. The van der Waals surface area contributed by atoms with Gasteiger partial charge in [0.25, 0.3) is 11.5 Å². The van der Waals surface area contributed by atoms with E-state index in [2.05, 4.69) is 15.4 Å². The normalized spacial score (nSPS) is 16.6. The summed E-state index contributed by atoms with van der Waals surface area (Å²) in [6.45, 7) is 0. The molecule has 0 saturated heterocycles. The van der Waals surface area contributed by atoms with Crippen molar-refractivity contribution in [2.45, 2.75) is 51.0 Å². The van der Waals surface area contributed by atoms with Crippen molar-refractivity contribution in [1.29, 1.82) is 0 Å². The lowest BCUT2D eigenvalue weighted by Crippen LogP contribution is -2.35. The molecule has 0 radical (unpaired) electrons. The number of carbonyl (C=O) groups excluding carboxylic acids is 1. The Hall–Kier alpha value is -2.63. The third kappa shape index (κ3) is 3.04. The quantitative estimate of drug-likeness (QED) is 0.754. The van der Waals surface area contributed by atoms with E-state index in [-0.39, 0.29) is 17.5 Å². The molecule has 0 aliphatic heterocycles. The maximum atomic E-state index is 12.7. The summed E-state index contributed by atoms with van der Waals surface area (Å²) in [5, 5.41) is 8.02. The second-order valence-electron chi connectivity index (χ2n) is 6.81. The lowest BCUT2D eigenvalue weighted by Gasteiger charge is -2.20. The summed E-state index contributed by atoms with van der Waals surface area (Å²) >= 11 is 0. The van der Waals surface area contributed by atoms with Crippen molar-refractivity contribution in [3.05, 3.63) is 46.4 Å². The lowest BCUT2D eigenvalue weighted by atomic mass is 9.96. The van der Waals surface area contributed by atoms with E-state index in [0.717, 1.165) is 25.7 Å². The monoisotopic (exact) mass is 338 g/mol. The summed E-state index contributed by atoms with van der Waals surface area (Å²) in [4.78, 5) is 27.9. The molecule has 1 saturated carbocycles. The summed E-state index contributed by atoms with van der Waals surface area (Å²) < 4.78 is 1.63. The van der Waals surface area contributed by atoms with Crippen LogP contribution in [-0.2, 0) is 0 Å². The molecule has 1 aromatic carbocycles. The third-order valence-corrected chi connectivity index (χ3v) is 5.06. The number of aromatic amines is 1. The molecule has 1 aliphatic rings. The predicted octanol–water partition coefficient (Wildman–Crippen LogP) is 3.02. The molecule has 0 atom stereocenters. The highest BCUT2D eigenvalue weighted by Crippen LogP contribution is 2.19. The highest BCUT2D eigenvalue weighted by atomic mass is 16.2. The molecule has 2 heterocycles. The summed E-state index contributed by atoms with van der Waals surface area (Å²) in [5.41, 5.74) is 1.37. The molecule has 1 fully saturated rings. The summed E-state index contributed by atoms with van der Waals surface area (Å²) in [6, 6.07) is 7.46. The molecule has 130 valence electrons. The average molecular weight is 338 g/mol. The van der Waals surface area contributed by atoms with Crippen LogP contribution in [0.25, 0.3) is 16.6 Å². The van der Waals surface area contributed by atoms with Crippen LogP contribution in [0.1, 0.15) is 55.3 Å². The Morgan fingerprint density at radius 2 is 1.84 bits per heavy atom. The average Bonchev–Trinajstić information content (AvgIpc) is 3.01. The zero-order valence-electron chi connectivity index (χ0n) is 14.1. The Bertz CT molecular complexity index is 964. The van der Waals surface area contributed by atoms with Crippen molar-refractivity contribution < 1.29 is 4.79 Å². The van der Waals surface area contributed by atoms with Crippen molar-refractivity contribution in [2.75, 3.05) is 0 Å². The molecule has 4 rings (SSSR count). The first-order valence-electron chi connectivity index (χ1n) is 9.03. The zero-order chi connectivity index (χ0) is 17.2. The Morgan fingerprint density at radius 1 is 1.12 bits per heavy atom. The van der Waals surface area contributed by atoms with E-state index >= 15 is 0 Å². The van der Waals surface area contributed by atoms with Crippen LogP contribution in [0.3, 0.4) is 0 Å². The van der Waals surface area contributed by atoms with Gasteiger partial charge in [-0.1, -0.05) is 44.2 Å². The number of rotatable bonds is 2. The smallest absolute Gasteiger partial charge is 0.259 e. The number of nitrogens with one attached hydrogen (secondary N) is 2. The third-order valence-electron chi connectivity index (χ3n) is 5.06. The van der Waals surface area contributed by atoms with Crippen LogP contribution in [-0.4, -0.2) is 26.5 Å². The lowest BCUT2D eigenvalue weighted by molar-refractivity contribution is 0.0932. The second kappa shape index (κ2) is 6.70. The van der Waals surface area contributed by atoms with Gasteiger partial charge in [0.2, 0.25) is 0 Å². The minimum atomic E-state index is -0.205. The standard InChI is InChI=1S/C19H22N4O2/c24-18-14-10-6-7-11-16(14)23-17(22-18)15(12-20-23)19(25)21-13-8-4-2-1-3-5-9-13/h6-7,10-13H,1-5,8-9H2,(H,21,25)(H,22,24).